The highest BCUT2D eigenvalue weighted by Crippen LogP contribution is 2.32. The van der Waals surface area contributed by atoms with Crippen molar-refractivity contribution < 1.29 is 14.3 Å². The minimum absolute atomic E-state index is 0.150. The maximum Gasteiger partial charge on any atom is 0.407 e. The summed E-state index contributed by atoms with van der Waals surface area (Å²) in [7, 11) is 0. The SMILES string of the molecule is CC(CNC(=O)OC(C)(C)C)c1ccnc2c1OCC2. The molecule has 2 heterocycles. The van der Waals surface area contributed by atoms with E-state index in [1.165, 1.54) is 0 Å². The number of carbonyl (C=O) groups excluding carboxylic acids is 1. The Hall–Kier alpha value is -1.78. The van der Waals surface area contributed by atoms with Crippen molar-refractivity contribution in [1.82, 2.24) is 10.3 Å². The fourth-order valence-electron chi connectivity index (χ4n) is 2.15. The highest BCUT2D eigenvalue weighted by Gasteiger charge is 2.22. The number of carbonyl (C=O) groups is 1. The number of pyridine rings is 1. The predicted molar refractivity (Wildman–Crippen MR) is 76.1 cm³/mol. The Morgan fingerprint density at radius 2 is 2.30 bits per heavy atom. The maximum absolute atomic E-state index is 11.7. The molecule has 1 aromatic heterocycles. The zero-order valence-corrected chi connectivity index (χ0v) is 12.5. The smallest absolute Gasteiger partial charge is 0.407 e. The molecule has 0 saturated heterocycles. The molecule has 20 heavy (non-hydrogen) atoms. The third kappa shape index (κ3) is 3.62. The molecule has 1 aliphatic rings. The summed E-state index contributed by atoms with van der Waals surface area (Å²) < 4.78 is 10.9. The number of nitrogens with one attached hydrogen (secondary N) is 1. The van der Waals surface area contributed by atoms with Gasteiger partial charge < -0.3 is 14.8 Å². The Kier molecular flexibility index (Phi) is 4.16. The van der Waals surface area contributed by atoms with Crippen LogP contribution in [0, 0.1) is 0 Å². The molecule has 0 spiro atoms. The number of hydrogen-bond acceptors (Lipinski definition) is 4. The van der Waals surface area contributed by atoms with E-state index in [0.717, 1.165) is 23.4 Å². The van der Waals surface area contributed by atoms with Gasteiger partial charge in [-0.25, -0.2) is 4.79 Å². The van der Waals surface area contributed by atoms with Crippen molar-refractivity contribution in [2.75, 3.05) is 13.2 Å². The van der Waals surface area contributed by atoms with Gasteiger partial charge in [-0.2, -0.15) is 0 Å². The molecule has 5 heteroatoms. The Morgan fingerprint density at radius 1 is 1.55 bits per heavy atom. The zero-order valence-electron chi connectivity index (χ0n) is 12.5. The first-order chi connectivity index (χ1) is 9.37. The van der Waals surface area contributed by atoms with Gasteiger partial charge in [0.05, 0.1) is 12.3 Å². The molecule has 0 aliphatic carbocycles. The lowest BCUT2D eigenvalue weighted by molar-refractivity contribution is 0.0525. The number of aromatic nitrogens is 1. The molecule has 2 rings (SSSR count). The predicted octanol–water partition coefficient (Wildman–Crippen LogP) is 2.64. The van der Waals surface area contributed by atoms with Gasteiger partial charge in [-0.1, -0.05) is 6.92 Å². The molecule has 110 valence electrons. The van der Waals surface area contributed by atoms with Gasteiger partial charge >= 0.3 is 6.09 Å². The van der Waals surface area contributed by atoms with E-state index in [4.69, 9.17) is 9.47 Å². The molecule has 0 radical (unpaired) electrons. The lowest BCUT2D eigenvalue weighted by Gasteiger charge is -2.21. The van der Waals surface area contributed by atoms with Crippen LogP contribution in [0.4, 0.5) is 4.79 Å². The number of nitrogens with zero attached hydrogens (tertiary/aromatic N) is 1. The summed E-state index contributed by atoms with van der Waals surface area (Å²) in [6, 6.07) is 1.95. The number of ether oxygens (including phenoxy) is 2. The van der Waals surface area contributed by atoms with E-state index in [1.807, 2.05) is 26.8 Å². The molecular weight excluding hydrogens is 256 g/mol. The van der Waals surface area contributed by atoms with Gasteiger partial charge in [0.1, 0.15) is 11.4 Å². The molecule has 0 fully saturated rings. The Balaban J connectivity index is 1.94. The number of alkyl carbamates (subject to hydrolysis) is 1. The van der Waals surface area contributed by atoms with E-state index in [-0.39, 0.29) is 5.92 Å². The van der Waals surface area contributed by atoms with E-state index in [1.54, 1.807) is 6.20 Å². The van der Waals surface area contributed by atoms with E-state index in [2.05, 4.69) is 17.2 Å². The quantitative estimate of drug-likeness (QED) is 0.923. The largest absolute Gasteiger partial charge is 0.491 e. The van der Waals surface area contributed by atoms with Crippen LogP contribution < -0.4 is 10.1 Å². The summed E-state index contributed by atoms with van der Waals surface area (Å²) in [5.74, 6) is 1.03. The summed E-state index contributed by atoms with van der Waals surface area (Å²) in [5, 5.41) is 2.79. The first kappa shape index (κ1) is 14.6. The molecule has 1 aromatic rings. The van der Waals surface area contributed by atoms with Gasteiger partial charge in [0.25, 0.3) is 0 Å². The van der Waals surface area contributed by atoms with Gasteiger partial charge in [0.15, 0.2) is 0 Å². The van der Waals surface area contributed by atoms with Crippen molar-refractivity contribution in [3.05, 3.63) is 23.5 Å². The average molecular weight is 278 g/mol. The van der Waals surface area contributed by atoms with Crippen LogP contribution in [0.1, 0.15) is 44.9 Å². The van der Waals surface area contributed by atoms with Crippen molar-refractivity contribution in [3.63, 3.8) is 0 Å². The Labute approximate surface area is 119 Å². The number of rotatable bonds is 3. The zero-order chi connectivity index (χ0) is 14.8. The lowest BCUT2D eigenvalue weighted by Crippen LogP contribution is -2.34. The summed E-state index contributed by atoms with van der Waals surface area (Å²) >= 11 is 0. The molecule has 1 atom stereocenters. The second-order valence-electron chi connectivity index (χ2n) is 6.06. The summed E-state index contributed by atoms with van der Waals surface area (Å²) in [6.07, 6.45) is 2.26. The third-order valence-electron chi connectivity index (χ3n) is 3.08. The lowest BCUT2D eigenvalue weighted by atomic mass is 10.0. The minimum atomic E-state index is -0.478. The van der Waals surface area contributed by atoms with Crippen LogP contribution in [0.3, 0.4) is 0 Å². The molecule has 0 aromatic carbocycles. The number of fused-ring (bicyclic) bond motifs is 1. The van der Waals surface area contributed by atoms with Gasteiger partial charge in [-0.05, 0) is 26.8 Å². The number of amides is 1. The Morgan fingerprint density at radius 3 is 3.00 bits per heavy atom. The highest BCUT2D eigenvalue weighted by molar-refractivity contribution is 5.67. The normalized spacial score (nSPS) is 15.2. The monoisotopic (exact) mass is 278 g/mol. The summed E-state index contributed by atoms with van der Waals surface area (Å²) in [4.78, 5) is 16.0. The van der Waals surface area contributed by atoms with Crippen molar-refractivity contribution in [2.45, 2.75) is 45.6 Å². The second kappa shape index (κ2) is 5.69. The molecule has 1 aliphatic heterocycles. The van der Waals surface area contributed by atoms with Crippen molar-refractivity contribution in [3.8, 4) is 5.75 Å². The standard InChI is InChI=1S/C15H22N2O3/c1-10(9-17-14(18)20-15(2,3)4)11-5-7-16-12-6-8-19-13(11)12/h5,7,10H,6,8-9H2,1-4H3,(H,17,18). The average Bonchev–Trinajstić information content (AvgIpc) is 2.81. The molecule has 1 amide bonds. The van der Waals surface area contributed by atoms with Crippen LogP contribution in [0.25, 0.3) is 0 Å². The van der Waals surface area contributed by atoms with Gasteiger partial charge in [-0.3, -0.25) is 4.98 Å². The van der Waals surface area contributed by atoms with Gasteiger partial charge in [-0.15, -0.1) is 0 Å². The molecule has 1 N–H and O–H groups in total. The first-order valence-corrected chi connectivity index (χ1v) is 6.94. The van der Waals surface area contributed by atoms with E-state index in [0.29, 0.717) is 13.2 Å². The summed E-state index contributed by atoms with van der Waals surface area (Å²) in [6.45, 7) is 8.79. The summed E-state index contributed by atoms with van der Waals surface area (Å²) in [5.41, 5.74) is 1.61. The van der Waals surface area contributed by atoms with Crippen molar-refractivity contribution in [1.29, 1.82) is 0 Å². The minimum Gasteiger partial charge on any atom is -0.491 e. The number of hydrogen-bond donors (Lipinski definition) is 1. The van der Waals surface area contributed by atoms with Crippen LogP contribution in [0.5, 0.6) is 5.75 Å². The van der Waals surface area contributed by atoms with Crippen molar-refractivity contribution >= 4 is 6.09 Å². The van der Waals surface area contributed by atoms with E-state index >= 15 is 0 Å². The first-order valence-electron chi connectivity index (χ1n) is 6.94. The molecule has 5 nitrogen and oxygen atoms in total. The van der Waals surface area contributed by atoms with Crippen molar-refractivity contribution in [2.24, 2.45) is 0 Å². The highest BCUT2D eigenvalue weighted by atomic mass is 16.6. The Bertz CT molecular complexity index is 494. The fraction of sp³-hybridized carbons (Fsp3) is 0.600. The van der Waals surface area contributed by atoms with Crippen LogP contribution in [0.2, 0.25) is 0 Å². The van der Waals surface area contributed by atoms with Gasteiger partial charge in [0.2, 0.25) is 0 Å². The third-order valence-corrected chi connectivity index (χ3v) is 3.08. The van der Waals surface area contributed by atoms with Crippen LogP contribution in [0.15, 0.2) is 12.3 Å². The molecular formula is C15H22N2O3. The maximum atomic E-state index is 11.7. The second-order valence-corrected chi connectivity index (χ2v) is 6.06. The van der Waals surface area contributed by atoms with Crippen LogP contribution in [-0.2, 0) is 11.2 Å². The van der Waals surface area contributed by atoms with E-state index in [9.17, 15) is 4.79 Å². The van der Waals surface area contributed by atoms with E-state index < -0.39 is 11.7 Å². The molecule has 1 unspecified atom stereocenters. The molecule has 0 saturated carbocycles. The van der Waals surface area contributed by atoms with Crippen LogP contribution in [-0.4, -0.2) is 29.8 Å². The topological polar surface area (TPSA) is 60.5 Å². The van der Waals surface area contributed by atoms with Gasteiger partial charge in [0, 0.05) is 30.6 Å². The van der Waals surface area contributed by atoms with Crippen LogP contribution >= 0.6 is 0 Å². The fourth-order valence-corrected chi connectivity index (χ4v) is 2.15. The molecule has 0 bridgehead atoms.